The van der Waals surface area contributed by atoms with E-state index in [4.69, 9.17) is 9.47 Å². The van der Waals surface area contributed by atoms with Gasteiger partial charge in [-0.05, 0) is 24.3 Å². The number of pyridine rings is 2. The molecular formula is C18H22N4O3. The third-order valence-electron chi connectivity index (χ3n) is 4.09. The lowest BCUT2D eigenvalue weighted by Crippen LogP contribution is -2.42. The summed E-state index contributed by atoms with van der Waals surface area (Å²) in [4.78, 5) is 25.3. The van der Waals surface area contributed by atoms with Crippen molar-refractivity contribution in [3.05, 3.63) is 47.8 Å². The first-order valence-electron chi connectivity index (χ1n) is 8.14. The Hall–Kier alpha value is -2.67. The number of carbonyl (C=O) groups is 1. The Bertz CT molecular complexity index is 751. The summed E-state index contributed by atoms with van der Waals surface area (Å²) in [5.41, 5.74) is 1.28. The molecular weight excluding hydrogens is 320 g/mol. The number of nitrogens with zero attached hydrogens (tertiary/aromatic N) is 4. The van der Waals surface area contributed by atoms with E-state index < -0.39 is 0 Å². The van der Waals surface area contributed by atoms with Gasteiger partial charge in [0.25, 0.3) is 5.91 Å². The van der Waals surface area contributed by atoms with Crippen LogP contribution in [0.3, 0.4) is 0 Å². The molecule has 0 unspecified atom stereocenters. The number of morpholine rings is 1. The van der Waals surface area contributed by atoms with E-state index in [1.54, 1.807) is 23.2 Å². The summed E-state index contributed by atoms with van der Waals surface area (Å²) >= 11 is 0. The lowest BCUT2D eigenvalue weighted by atomic mass is 10.1. The minimum atomic E-state index is -0.250. The normalized spacial score (nSPS) is 17.2. The second-order valence-corrected chi connectivity index (χ2v) is 5.99. The fourth-order valence-electron chi connectivity index (χ4n) is 2.77. The van der Waals surface area contributed by atoms with E-state index in [1.165, 1.54) is 7.11 Å². The number of hydrogen-bond acceptors (Lipinski definition) is 6. The lowest BCUT2D eigenvalue weighted by molar-refractivity contribution is -0.0247. The zero-order valence-corrected chi connectivity index (χ0v) is 14.7. The summed E-state index contributed by atoms with van der Waals surface area (Å²) in [6.07, 6.45) is 1.36. The summed E-state index contributed by atoms with van der Waals surface area (Å²) < 4.78 is 11.1. The van der Waals surface area contributed by atoms with Crippen molar-refractivity contribution in [1.82, 2.24) is 14.9 Å². The Balaban J connectivity index is 1.79. The molecule has 132 valence electrons. The summed E-state index contributed by atoms with van der Waals surface area (Å²) in [5, 5.41) is 0. The van der Waals surface area contributed by atoms with Gasteiger partial charge >= 0.3 is 0 Å². The first-order valence-corrected chi connectivity index (χ1v) is 8.14. The van der Waals surface area contributed by atoms with Crippen LogP contribution in [0.2, 0.25) is 0 Å². The molecule has 1 amide bonds. The number of carbonyl (C=O) groups excluding carboxylic acids is 1. The van der Waals surface area contributed by atoms with Gasteiger partial charge in [-0.3, -0.25) is 4.79 Å². The molecule has 1 aliphatic rings. The van der Waals surface area contributed by atoms with E-state index in [9.17, 15) is 4.79 Å². The number of methoxy groups -OCH3 is 1. The van der Waals surface area contributed by atoms with Crippen LogP contribution < -0.4 is 9.64 Å². The molecule has 1 atom stereocenters. The van der Waals surface area contributed by atoms with Gasteiger partial charge in [0, 0.05) is 26.8 Å². The molecule has 0 saturated carbocycles. The van der Waals surface area contributed by atoms with E-state index >= 15 is 0 Å². The molecule has 3 heterocycles. The molecule has 0 aromatic carbocycles. The van der Waals surface area contributed by atoms with Crippen molar-refractivity contribution in [2.45, 2.75) is 6.10 Å². The molecule has 0 bridgehead atoms. The molecule has 2 aromatic rings. The van der Waals surface area contributed by atoms with Crippen LogP contribution in [0, 0.1) is 0 Å². The number of amides is 1. The van der Waals surface area contributed by atoms with Gasteiger partial charge in [-0.25, -0.2) is 9.97 Å². The van der Waals surface area contributed by atoms with Gasteiger partial charge in [0.2, 0.25) is 5.88 Å². The van der Waals surface area contributed by atoms with Gasteiger partial charge in [-0.15, -0.1) is 0 Å². The summed E-state index contributed by atoms with van der Waals surface area (Å²) in [7, 11) is 5.40. The largest absolute Gasteiger partial charge is 0.480 e. The highest BCUT2D eigenvalue weighted by Crippen LogP contribution is 2.25. The van der Waals surface area contributed by atoms with E-state index in [2.05, 4.69) is 9.97 Å². The maximum absolute atomic E-state index is 12.9. The minimum absolute atomic E-state index is 0.109. The summed E-state index contributed by atoms with van der Waals surface area (Å²) in [6, 6.07) is 9.28. The Labute approximate surface area is 147 Å². The molecule has 7 nitrogen and oxygen atoms in total. The Morgan fingerprint density at radius 2 is 2.16 bits per heavy atom. The average molecular weight is 342 g/mol. The topological polar surface area (TPSA) is 67.8 Å². The van der Waals surface area contributed by atoms with Crippen molar-refractivity contribution < 1.29 is 14.3 Å². The molecule has 1 fully saturated rings. The van der Waals surface area contributed by atoms with Crippen molar-refractivity contribution in [2.75, 3.05) is 45.8 Å². The number of anilines is 1. The first kappa shape index (κ1) is 17.2. The van der Waals surface area contributed by atoms with Crippen LogP contribution in [0.25, 0.3) is 0 Å². The highest BCUT2D eigenvalue weighted by atomic mass is 16.5. The van der Waals surface area contributed by atoms with Crippen molar-refractivity contribution in [1.29, 1.82) is 0 Å². The highest BCUT2D eigenvalue weighted by molar-refractivity contribution is 5.96. The molecule has 25 heavy (non-hydrogen) atoms. The van der Waals surface area contributed by atoms with E-state index in [0.717, 1.165) is 11.5 Å². The maximum Gasteiger partial charge on any atom is 0.259 e. The summed E-state index contributed by atoms with van der Waals surface area (Å²) in [5.74, 6) is 1.09. The zero-order chi connectivity index (χ0) is 17.8. The molecule has 0 N–H and O–H groups in total. The smallest absolute Gasteiger partial charge is 0.259 e. The first-order chi connectivity index (χ1) is 12.1. The second kappa shape index (κ2) is 7.48. The highest BCUT2D eigenvalue weighted by Gasteiger charge is 2.28. The lowest BCUT2D eigenvalue weighted by Gasteiger charge is -2.33. The fourth-order valence-corrected chi connectivity index (χ4v) is 2.77. The van der Waals surface area contributed by atoms with Crippen molar-refractivity contribution in [3.8, 4) is 5.88 Å². The summed E-state index contributed by atoms with van der Waals surface area (Å²) in [6.45, 7) is 1.44. The molecule has 1 saturated heterocycles. The molecule has 0 spiro atoms. The molecule has 0 radical (unpaired) electrons. The monoisotopic (exact) mass is 342 g/mol. The van der Waals surface area contributed by atoms with Crippen LogP contribution in [0.1, 0.15) is 22.2 Å². The molecule has 0 aliphatic carbocycles. The molecule has 7 heteroatoms. The predicted octanol–water partition coefficient (Wildman–Crippen LogP) is 1.76. The third kappa shape index (κ3) is 3.71. The van der Waals surface area contributed by atoms with Crippen molar-refractivity contribution in [2.24, 2.45) is 0 Å². The average Bonchev–Trinajstić information content (AvgIpc) is 2.67. The SMILES string of the molecule is COc1ncccc1C(=O)N1CCO[C@@H](c2cccc(N(C)C)n2)C1. The van der Waals surface area contributed by atoms with Gasteiger partial charge in [-0.1, -0.05) is 6.07 Å². The standard InChI is InChI=1S/C18H22N4O3/c1-21(2)16-8-4-7-14(20-16)15-12-22(10-11-25-15)18(23)13-6-5-9-19-17(13)24-3/h4-9,15H,10-12H2,1-3H3/t15-/m1/s1. The van der Waals surface area contributed by atoms with Gasteiger partial charge in [0.1, 0.15) is 17.5 Å². The van der Waals surface area contributed by atoms with Crippen LogP contribution in [0.5, 0.6) is 5.88 Å². The van der Waals surface area contributed by atoms with E-state index in [-0.39, 0.29) is 12.0 Å². The quantitative estimate of drug-likeness (QED) is 0.843. The van der Waals surface area contributed by atoms with Crippen LogP contribution >= 0.6 is 0 Å². The van der Waals surface area contributed by atoms with E-state index in [1.807, 2.05) is 37.2 Å². The fraction of sp³-hybridized carbons (Fsp3) is 0.389. The van der Waals surface area contributed by atoms with Gasteiger partial charge < -0.3 is 19.3 Å². The number of aromatic nitrogens is 2. The number of rotatable bonds is 4. The number of hydrogen-bond donors (Lipinski definition) is 0. The van der Waals surface area contributed by atoms with Crippen molar-refractivity contribution in [3.63, 3.8) is 0 Å². The Kier molecular flexibility index (Phi) is 5.14. The van der Waals surface area contributed by atoms with Crippen LogP contribution in [0.15, 0.2) is 36.5 Å². The minimum Gasteiger partial charge on any atom is -0.480 e. The van der Waals surface area contributed by atoms with Crippen molar-refractivity contribution >= 4 is 11.7 Å². The zero-order valence-electron chi connectivity index (χ0n) is 14.7. The molecule has 2 aromatic heterocycles. The Morgan fingerprint density at radius 1 is 1.32 bits per heavy atom. The van der Waals surface area contributed by atoms with Crippen LogP contribution in [-0.4, -0.2) is 61.7 Å². The van der Waals surface area contributed by atoms with Gasteiger partial charge in [0.15, 0.2) is 0 Å². The maximum atomic E-state index is 12.9. The van der Waals surface area contributed by atoms with Crippen LogP contribution in [-0.2, 0) is 4.74 Å². The van der Waals surface area contributed by atoms with Crippen LogP contribution in [0.4, 0.5) is 5.82 Å². The second-order valence-electron chi connectivity index (χ2n) is 5.99. The third-order valence-corrected chi connectivity index (χ3v) is 4.09. The predicted molar refractivity (Wildman–Crippen MR) is 93.9 cm³/mol. The Morgan fingerprint density at radius 3 is 2.92 bits per heavy atom. The van der Waals surface area contributed by atoms with Gasteiger partial charge in [0.05, 0.1) is 26.0 Å². The van der Waals surface area contributed by atoms with E-state index in [0.29, 0.717) is 31.1 Å². The van der Waals surface area contributed by atoms with Gasteiger partial charge in [-0.2, -0.15) is 0 Å². The molecule has 3 rings (SSSR count). The number of ether oxygens (including phenoxy) is 2. The molecule has 1 aliphatic heterocycles.